The number of benzene rings is 2. The van der Waals surface area contributed by atoms with Gasteiger partial charge in [0, 0.05) is 44.3 Å². The van der Waals surface area contributed by atoms with E-state index in [-0.39, 0.29) is 12.5 Å². The van der Waals surface area contributed by atoms with E-state index in [1.165, 1.54) is 15.8 Å². The number of H-pyrrole nitrogens is 1. The zero-order chi connectivity index (χ0) is 22.1. The molecule has 0 aliphatic rings. The molecule has 164 valence electrons. The Kier molecular flexibility index (Phi) is 7.92. The molecule has 0 saturated carbocycles. The van der Waals surface area contributed by atoms with Crippen molar-refractivity contribution in [1.82, 2.24) is 20.5 Å². The molecule has 1 amide bonds. The summed E-state index contributed by atoms with van der Waals surface area (Å²) in [5, 5.41) is 7.95. The molecule has 3 aromatic rings. The molecule has 7 heteroatoms. The maximum absolute atomic E-state index is 11.7. The average Bonchev–Trinajstić information content (AvgIpc) is 3.19. The highest BCUT2D eigenvalue weighted by Gasteiger charge is 2.06. The summed E-state index contributed by atoms with van der Waals surface area (Å²) >= 11 is 0. The predicted octanol–water partition coefficient (Wildman–Crippen LogP) is 2.93. The molecule has 0 bridgehead atoms. The van der Waals surface area contributed by atoms with Gasteiger partial charge >= 0.3 is 0 Å². The first-order valence-electron chi connectivity index (χ1n) is 10.6. The van der Waals surface area contributed by atoms with Gasteiger partial charge < -0.3 is 25.3 Å². The highest BCUT2D eigenvalue weighted by molar-refractivity contribution is 5.83. The molecule has 31 heavy (non-hydrogen) atoms. The number of aromatic nitrogens is 1. The van der Waals surface area contributed by atoms with Gasteiger partial charge in [0.25, 0.3) is 5.91 Å². The van der Waals surface area contributed by atoms with Crippen LogP contribution in [0, 0.1) is 0 Å². The van der Waals surface area contributed by atoms with Gasteiger partial charge in [-0.25, -0.2) is 4.99 Å². The van der Waals surface area contributed by atoms with Crippen molar-refractivity contribution in [3.05, 3.63) is 65.9 Å². The Morgan fingerprint density at radius 2 is 1.97 bits per heavy atom. The minimum Gasteiger partial charge on any atom is -0.484 e. The number of nitrogens with zero attached hydrogens (tertiary/aromatic N) is 2. The molecule has 0 fully saturated rings. The van der Waals surface area contributed by atoms with E-state index < -0.39 is 0 Å². The fourth-order valence-electron chi connectivity index (χ4n) is 3.17. The monoisotopic (exact) mass is 421 g/mol. The molecule has 0 unspecified atom stereocenters. The number of nitrogens with one attached hydrogen (secondary N) is 3. The molecule has 2 aromatic carbocycles. The van der Waals surface area contributed by atoms with Crippen LogP contribution in [0.25, 0.3) is 10.9 Å². The second-order valence-electron chi connectivity index (χ2n) is 7.46. The minimum absolute atomic E-state index is 0.0255. The second kappa shape index (κ2) is 11.1. The standard InChI is InChI=1S/C24H31N5O2/c1-4-25-24(26-13-12-19-16-27-22-11-6-5-10-21(19)22)28-15-18-8-7-9-20(14-18)31-17-23(30)29(2)3/h5-11,14,16,27H,4,12-13,15,17H2,1-3H3,(H2,25,26,28). The number of fused-ring (bicyclic) bond motifs is 1. The molecule has 7 nitrogen and oxygen atoms in total. The van der Waals surface area contributed by atoms with E-state index in [9.17, 15) is 4.79 Å². The van der Waals surface area contributed by atoms with E-state index in [2.05, 4.69) is 45.0 Å². The van der Waals surface area contributed by atoms with E-state index in [1.54, 1.807) is 14.1 Å². The number of hydrogen-bond donors (Lipinski definition) is 3. The fraction of sp³-hybridized carbons (Fsp3) is 0.333. The second-order valence-corrected chi connectivity index (χ2v) is 7.46. The molecule has 3 rings (SSSR count). The number of guanidine groups is 1. The van der Waals surface area contributed by atoms with E-state index in [1.807, 2.05) is 37.3 Å². The van der Waals surface area contributed by atoms with E-state index in [4.69, 9.17) is 4.74 Å². The van der Waals surface area contributed by atoms with Crippen molar-refractivity contribution in [2.24, 2.45) is 4.99 Å². The number of carbonyl (C=O) groups is 1. The van der Waals surface area contributed by atoms with E-state index >= 15 is 0 Å². The van der Waals surface area contributed by atoms with Crippen LogP contribution >= 0.6 is 0 Å². The van der Waals surface area contributed by atoms with Crippen molar-refractivity contribution in [3.63, 3.8) is 0 Å². The first-order chi connectivity index (χ1) is 15.1. The van der Waals surface area contributed by atoms with Gasteiger partial charge in [0.1, 0.15) is 5.75 Å². The molecule has 0 aliphatic heterocycles. The summed E-state index contributed by atoms with van der Waals surface area (Å²) in [6.07, 6.45) is 2.97. The first kappa shape index (κ1) is 22.2. The van der Waals surface area contributed by atoms with Crippen molar-refractivity contribution >= 4 is 22.8 Å². The number of para-hydroxylation sites is 1. The highest BCUT2D eigenvalue weighted by Crippen LogP contribution is 2.17. The zero-order valence-corrected chi connectivity index (χ0v) is 18.4. The fourth-order valence-corrected chi connectivity index (χ4v) is 3.17. The van der Waals surface area contributed by atoms with Crippen LogP contribution in [0.15, 0.2) is 59.7 Å². The lowest BCUT2D eigenvalue weighted by atomic mass is 10.1. The number of aromatic amines is 1. The third-order valence-electron chi connectivity index (χ3n) is 4.89. The molecule has 0 radical (unpaired) electrons. The molecular formula is C24H31N5O2. The smallest absolute Gasteiger partial charge is 0.259 e. The number of hydrogen-bond acceptors (Lipinski definition) is 3. The van der Waals surface area contributed by atoms with Gasteiger partial charge in [0.05, 0.1) is 6.54 Å². The lowest BCUT2D eigenvalue weighted by molar-refractivity contribution is -0.130. The van der Waals surface area contributed by atoms with Crippen LogP contribution < -0.4 is 15.4 Å². The Bertz CT molecular complexity index is 1030. The summed E-state index contributed by atoms with van der Waals surface area (Å²) in [6, 6.07) is 16.0. The Morgan fingerprint density at radius 3 is 2.77 bits per heavy atom. The zero-order valence-electron chi connectivity index (χ0n) is 18.4. The van der Waals surface area contributed by atoms with E-state index in [0.29, 0.717) is 12.3 Å². The lowest BCUT2D eigenvalue weighted by Gasteiger charge is -2.12. The van der Waals surface area contributed by atoms with Gasteiger partial charge in [-0.3, -0.25) is 4.79 Å². The van der Waals surface area contributed by atoms with Crippen LogP contribution in [0.1, 0.15) is 18.1 Å². The predicted molar refractivity (Wildman–Crippen MR) is 125 cm³/mol. The van der Waals surface area contributed by atoms with Crippen LogP contribution in [0.2, 0.25) is 0 Å². The van der Waals surface area contributed by atoms with Gasteiger partial charge in [-0.05, 0) is 42.7 Å². The summed E-state index contributed by atoms with van der Waals surface area (Å²) in [5.41, 5.74) is 3.46. The number of amides is 1. The first-order valence-corrected chi connectivity index (χ1v) is 10.6. The summed E-state index contributed by atoms with van der Waals surface area (Å²) in [6.45, 7) is 4.16. The maximum Gasteiger partial charge on any atom is 0.259 e. The maximum atomic E-state index is 11.7. The van der Waals surface area contributed by atoms with Crippen LogP contribution in [0.3, 0.4) is 0 Å². The molecular weight excluding hydrogens is 390 g/mol. The molecule has 0 saturated heterocycles. The number of ether oxygens (including phenoxy) is 1. The Labute approximate surface area is 183 Å². The lowest BCUT2D eigenvalue weighted by Crippen LogP contribution is -2.38. The number of carbonyl (C=O) groups excluding carboxylic acids is 1. The van der Waals surface area contributed by atoms with Crippen molar-refractivity contribution in [2.45, 2.75) is 19.9 Å². The Balaban J connectivity index is 1.55. The van der Waals surface area contributed by atoms with Gasteiger partial charge in [0.15, 0.2) is 12.6 Å². The largest absolute Gasteiger partial charge is 0.484 e. The third-order valence-corrected chi connectivity index (χ3v) is 4.89. The Hall–Kier alpha value is -3.48. The summed E-state index contributed by atoms with van der Waals surface area (Å²) < 4.78 is 5.59. The quantitative estimate of drug-likeness (QED) is 0.367. The number of rotatable bonds is 9. The molecule has 3 N–H and O–H groups in total. The molecule has 0 atom stereocenters. The van der Waals surface area contributed by atoms with Crippen molar-refractivity contribution in [2.75, 3.05) is 33.8 Å². The number of likely N-dealkylation sites (N-methyl/N-ethyl adjacent to an activating group) is 1. The van der Waals surface area contributed by atoms with E-state index in [0.717, 1.165) is 36.6 Å². The number of aliphatic imine (C=N–C) groups is 1. The summed E-state index contributed by atoms with van der Waals surface area (Å²) in [7, 11) is 3.43. The van der Waals surface area contributed by atoms with Gasteiger partial charge in [-0.1, -0.05) is 30.3 Å². The van der Waals surface area contributed by atoms with Crippen molar-refractivity contribution in [1.29, 1.82) is 0 Å². The highest BCUT2D eigenvalue weighted by atomic mass is 16.5. The molecule has 0 aliphatic carbocycles. The Morgan fingerprint density at radius 1 is 1.13 bits per heavy atom. The summed E-state index contributed by atoms with van der Waals surface area (Å²) in [4.78, 5) is 21.2. The van der Waals surface area contributed by atoms with Crippen LogP contribution in [-0.2, 0) is 17.8 Å². The van der Waals surface area contributed by atoms with Crippen LogP contribution in [0.5, 0.6) is 5.75 Å². The van der Waals surface area contributed by atoms with Gasteiger partial charge in [0.2, 0.25) is 0 Å². The third kappa shape index (κ3) is 6.50. The minimum atomic E-state index is -0.0720. The topological polar surface area (TPSA) is 81.8 Å². The molecule has 1 heterocycles. The van der Waals surface area contributed by atoms with Crippen LogP contribution in [0.4, 0.5) is 0 Å². The van der Waals surface area contributed by atoms with Crippen molar-refractivity contribution < 1.29 is 9.53 Å². The van der Waals surface area contributed by atoms with Gasteiger partial charge in [-0.15, -0.1) is 0 Å². The van der Waals surface area contributed by atoms with Gasteiger partial charge in [-0.2, -0.15) is 0 Å². The van der Waals surface area contributed by atoms with Crippen LogP contribution in [-0.4, -0.2) is 55.5 Å². The van der Waals surface area contributed by atoms with Crippen molar-refractivity contribution in [3.8, 4) is 5.75 Å². The SMILES string of the molecule is CCNC(=NCc1cccc(OCC(=O)N(C)C)c1)NCCc1c[nH]c2ccccc12. The molecule has 0 spiro atoms. The molecule has 1 aromatic heterocycles. The average molecular weight is 422 g/mol. The normalized spacial score (nSPS) is 11.4. The summed E-state index contributed by atoms with van der Waals surface area (Å²) in [5.74, 6) is 1.37.